The van der Waals surface area contributed by atoms with E-state index in [1.54, 1.807) is 12.1 Å². The van der Waals surface area contributed by atoms with Crippen LogP contribution in [0, 0.1) is 5.82 Å². The summed E-state index contributed by atoms with van der Waals surface area (Å²) in [6.45, 7) is 0. The van der Waals surface area contributed by atoms with Gasteiger partial charge in [0.1, 0.15) is 11.6 Å². The smallest absolute Gasteiger partial charge is 0.226 e. The number of carbonyl (C=O) groups excluding carboxylic acids is 1. The molecule has 0 aliphatic heterocycles. The summed E-state index contributed by atoms with van der Waals surface area (Å²) in [5.41, 5.74) is 0.915. The zero-order chi connectivity index (χ0) is 19.3. The van der Waals surface area contributed by atoms with Gasteiger partial charge in [0.25, 0.3) is 0 Å². The predicted molar refractivity (Wildman–Crippen MR) is 98.4 cm³/mol. The fourth-order valence-electron chi connectivity index (χ4n) is 2.32. The van der Waals surface area contributed by atoms with E-state index < -0.39 is 27.8 Å². The fraction of sp³-hybridized carbons (Fsp3) is 0.235. The number of hydrogen-bond acceptors (Lipinski definition) is 4. The van der Waals surface area contributed by atoms with Crippen LogP contribution in [0.4, 0.5) is 10.1 Å². The molecule has 6 nitrogen and oxygen atoms in total. The molecule has 2 N–H and O–H groups in total. The van der Waals surface area contributed by atoms with Crippen molar-refractivity contribution in [3.63, 3.8) is 0 Å². The first-order valence-electron chi connectivity index (χ1n) is 7.54. The molecule has 0 spiro atoms. The number of methoxy groups -OCH3 is 1. The van der Waals surface area contributed by atoms with Crippen LogP contribution in [0.1, 0.15) is 18.0 Å². The largest absolute Gasteiger partial charge is 0.495 e. The lowest BCUT2D eigenvalue weighted by atomic mass is 10.0. The topological polar surface area (TPSA) is 84.5 Å². The molecule has 0 bridgehead atoms. The summed E-state index contributed by atoms with van der Waals surface area (Å²) in [4.78, 5) is 12.3. The Morgan fingerprint density at radius 1 is 1.23 bits per heavy atom. The molecule has 0 heterocycles. The van der Waals surface area contributed by atoms with Crippen LogP contribution in [0.3, 0.4) is 0 Å². The highest BCUT2D eigenvalue weighted by atomic mass is 35.5. The van der Waals surface area contributed by atoms with E-state index in [9.17, 15) is 17.6 Å². The molecule has 0 fully saturated rings. The third kappa shape index (κ3) is 5.98. The predicted octanol–water partition coefficient (Wildman–Crippen LogP) is 3.11. The van der Waals surface area contributed by atoms with Crippen molar-refractivity contribution in [3.05, 3.63) is 58.9 Å². The molecule has 2 aromatic carbocycles. The minimum absolute atomic E-state index is 0.178. The highest BCUT2D eigenvalue weighted by Gasteiger charge is 2.20. The van der Waals surface area contributed by atoms with Gasteiger partial charge in [-0.05, 0) is 35.9 Å². The number of anilines is 1. The van der Waals surface area contributed by atoms with Crippen LogP contribution in [0.2, 0.25) is 5.02 Å². The average molecular weight is 401 g/mol. The summed E-state index contributed by atoms with van der Waals surface area (Å²) in [5.74, 6) is -0.423. The highest BCUT2D eigenvalue weighted by molar-refractivity contribution is 7.88. The van der Waals surface area contributed by atoms with Gasteiger partial charge in [-0.1, -0.05) is 23.7 Å². The molecule has 2 rings (SSSR count). The summed E-state index contributed by atoms with van der Waals surface area (Å²) in [5, 5.41) is 2.97. The van der Waals surface area contributed by atoms with Crippen LogP contribution < -0.4 is 14.8 Å². The van der Waals surface area contributed by atoms with Gasteiger partial charge in [-0.3, -0.25) is 4.79 Å². The SMILES string of the molecule is COc1ccc(NC(=O)C[C@H](NS(C)(=O)=O)c2ccc(F)cc2)cc1Cl. The summed E-state index contributed by atoms with van der Waals surface area (Å²) >= 11 is 6.01. The molecular weight excluding hydrogens is 383 g/mol. The Bertz CT molecular complexity index is 888. The van der Waals surface area contributed by atoms with E-state index in [0.717, 1.165) is 6.26 Å². The van der Waals surface area contributed by atoms with Gasteiger partial charge in [0.05, 0.1) is 24.4 Å². The minimum atomic E-state index is -3.58. The summed E-state index contributed by atoms with van der Waals surface area (Å²) < 4.78 is 43.7. The molecule has 26 heavy (non-hydrogen) atoms. The highest BCUT2D eigenvalue weighted by Crippen LogP contribution is 2.27. The number of hydrogen-bond donors (Lipinski definition) is 2. The number of ether oxygens (including phenoxy) is 1. The molecule has 0 aromatic heterocycles. The van der Waals surface area contributed by atoms with E-state index in [0.29, 0.717) is 22.0 Å². The van der Waals surface area contributed by atoms with E-state index in [1.807, 2.05) is 0 Å². The minimum Gasteiger partial charge on any atom is -0.495 e. The Labute approximate surface area is 156 Å². The summed E-state index contributed by atoms with van der Waals surface area (Å²) in [7, 11) is -2.10. The van der Waals surface area contributed by atoms with Crippen LogP contribution in [0.15, 0.2) is 42.5 Å². The fourth-order valence-corrected chi connectivity index (χ4v) is 3.32. The lowest BCUT2D eigenvalue weighted by molar-refractivity contribution is -0.116. The van der Waals surface area contributed by atoms with Gasteiger partial charge < -0.3 is 10.1 Å². The molecule has 1 amide bonds. The maximum Gasteiger partial charge on any atom is 0.226 e. The molecule has 0 aliphatic rings. The first-order valence-corrected chi connectivity index (χ1v) is 9.81. The van der Waals surface area contributed by atoms with Crippen LogP contribution >= 0.6 is 11.6 Å². The van der Waals surface area contributed by atoms with Gasteiger partial charge in [0.2, 0.25) is 15.9 Å². The maximum absolute atomic E-state index is 13.1. The number of amides is 1. The summed E-state index contributed by atoms with van der Waals surface area (Å²) in [6.07, 6.45) is 0.813. The van der Waals surface area contributed by atoms with Crippen LogP contribution in [0.5, 0.6) is 5.75 Å². The molecule has 0 unspecified atom stereocenters. The molecule has 1 atom stereocenters. The molecule has 0 saturated carbocycles. The second-order valence-corrected chi connectivity index (χ2v) is 7.78. The van der Waals surface area contributed by atoms with Crippen LogP contribution in [0.25, 0.3) is 0 Å². The Morgan fingerprint density at radius 3 is 2.42 bits per heavy atom. The van der Waals surface area contributed by atoms with Crippen molar-refractivity contribution in [1.82, 2.24) is 4.72 Å². The number of carbonyl (C=O) groups is 1. The van der Waals surface area contributed by atoms with E-state index in [1.165, 1.54) is 37.4 Å². The lowest BCUT2D eigenvalue weighted by Crippen LogP contribution is -2.30. The maximum atomic E-state index is 13.1. The van der Waals surface area contributed by atoms with Crippen molar-refractivity contribution in [2.45, 2.75) is 12.5 Å². The number of halogens is 2. The number of nitrogens with one attached hydrogen (secondary N) is 2. The first-order chi connectivity index (χ1) is 12.2. The normalized spacial score (nSPS) is 12.5. The molecule has 9 heteroatoms. The van der Waals surface area contributed by atoms with Crippen LogP contribution in [-0.4, -0.2) is 27.7 Å². The first kappa shape index (κ1) is 20.2. The third-order valence-corrected chi connectivity index (χ3v) is 4.46. The van der Waals surface area contributed by atoms with E-state index in [4.69, 9.17) is 16.3 Å². The van der Waals surface area contributed by atoms with Gasteiger partial charge in [0, 0.05) is 12.1 Å². The second kappa shape index (κ2) is 8.48. The molecule has 140 valence electrons. The Balaban J connectivity index is 2.15. The van der Waals surface area contributed by atoms with Gasteiger partial charge in [-0.2, -0.15) is 0 Å². The van der Waals surface area contributed by atoms with Gasteiger partial charge in [-0.25, -0.2) is 17.5 Å². The van der Waals surface area contributed by atoms with Crippen molar-refractivity contribution in [3.8, 4) is 5.75 Å². The number of benzene rings is 2. The Kier molecular flexibility index (Phi) is 6.57. The van der Waals surface area contributed by atoms with Crippen molar-refractivity contribution in [1.29, 1.82) is 0 Å². The average Bonchev–Trinajstić information content (AvgIpc) is 2.54. The lowest BCUT2D eigenvalue weighted by Gasteiger charge is -2.18. The Hall–Kier alpha value is -2.16. The standard InChI is InChI=1S/C17H18ClFN2O4S/c1-25-16-8-7-13(9-14(16)18)20-17(22)10-15(21-26(2,23)24)11-3-5-12(19)6-4-11/h3-9,15,21H,10H2,1-2H3,(H,20,22)/t15-/m0/s1. The number of sulfonamides is 1. The molecule has 0 aliphatic carbocycles. The van der Waals surface area contributed by atoms with Crippen molar-refractivity contribution in [2.75, 3.05) is 18.7 Å². The Morgan fingerprint density at radius 2 is 1.88 bits per heavy atom. The molecular formula is C17H18ClFN2O4S. The zero-order valence-electron chi connectivity index (χ0n) is 14.1. The quantitative estimate of drug-likeness (QED) is 0.747. The van der Waals surface area contributed by atoms with Gasteiger partial charge >= 0.3 is 0 Å². The van der Waals surface area contributed by atoms with E-state index in [2.05, 4.69) is 10.0 Å². The van der Waals surface area contributed by atoms with Crippen LogP contribution in [-0.2, 0) is 14.8 Å². The van der Waals surface area contributed by atoms with Gasteiger partial charge in [0.15, 0.2) is 0 Å². The van der Waals surface area contributed by atoms with Crippen molar-refractivity contribution < 1.29 is 22.3 Å². The van der Waals surface area contributed by atoms with E-state index in [-0.39, 0.29) is 6.42 Å². The van der Waals surface area contributed by atoms with Gasteiger partial charge in [-0.15, -0.1) is 0 Å². The van der Waals surface area contributed by atoms with Crippen molar-refractivity contribution in [2.24, 2.45) is 0 Å². The van der Waals surface area contributed by atoms with Crippen molar-refractivity contribution >= 4 is 33.2 Å². The molecule has 2 aromatic rings. The third-order valence-electron chi connectivity index (χ3n) is 3.45. The molecule has 0 saturated heterocycles. The second-order valence-electron chi connectivity index (χ2n) is 5.60. The monoisotopic (exact) mass is 400 g/mol. The zero-order valence-corrected chi connectivity index (χ0v) is 15.7. The molecule has 0 radical (unpaired) electrons. The van der Waals surface area contributed by atoms with E-state index >= 15 is 0 Å². The summed E-state index contributed by atoms with van der Waals surface area (Å²) in [6, 6.07) is 9.16. The number of rotatable bonds is 7.